The molecule has 0 radical (unpaired) electrons. The monoisotopic (exact) mass is 303 g/mol. The summed E-state index contributed by atoms with van der Waals surface area (Å²) in [6, 6.07) is 14.6. The Morgan fingerprint density at radius 1 is 1.14 bits per heavy atom. The molecule has 0 spiro atoms. The van der Waals surface area contributed by atoms with Crippen LogP contribution >= 0.6 is 11.6 Å². The number of amides is 1. The first-order chi connectivity index (χ1) is 10.1. The van der Waals surface area contributed by atoms with Crippen molar-refractivity contribution in [3.05, 3.63) is 59.1 Å². The summed E-state index contributed by atoms with van der Waals surface area (Å²) in [6.45, 7) is 3.93. The average molecular weight is 304 g/mol. The van der Waals surface area contributed by atoms with Crippen molar-refractivity contribution in [1.29, 1.82) is 0 Å². The largest absolute Gasteiger partial charge is 0.481 e. The van der Waals surface area contributed by atoms with E-state index in [9.17, 15) is 4.79 Å². The molecule has 0 bridgehead atoms. The molecular formula is C17H18ClNO2. The Morgan fingerprint density at radius 2 is 1.76 bits per heavy atom. The van der Waals surface area contributed by atoms with Gasteiger partial charge in [0.2, 0.25) is 0 Å². The van der Waals surface area contributed by atoms with E-state index in [1.165, 1.54) is 0 Å². The number of carbonyl (C=O) groups excluding carboxylic acids is 1. The smallest absolute Gasteiger partial charge is 0.265 e. The highest BCUT2D eigenvalue weighted by Gasteiger charge is 2.18. The van der Waals surface area contributed by atoms with Gasteiger partial charge in [0.1, 0.15) is 5.75 Å². The van der Waals surface area contributed by atoms with Gasteiger partial charge in [-0.25, -0.2) is 0 Å². The van der Waals surface area contributed by atoms with E-state index < -0.39 is 6.10 Å². The van der Waals surface area contributed by atoms with Gasteiger partial charge in [-0.1, -0.05) is 36.2 Å². The minimum Gasteiger partial charge on any atom is -0.481 e. The first kappa shape index (κ1) is 15.4. The van der Waals surface area contributed by atoms with Crippen molar-refractivity contribution in [2.75, 3.05) is 5.32 Å². The molecule has 0 aliphatic carbocycles. The van der Waals surface area contributed by atoms with Gasteiger partial charge in [-0.05, 0) is 49.7 Å². The lowest BCUT2D eigenvalue weighted by Gasteiger charge is -2.17. The second-order valence-electron chi connectivity index (χ2n) is 4.82. The van der Waals surface area contributed by atoms with Crippen molar-refractivity contribution in [1.82, 2.24) is 0 Å². The summed E-state index contributed by atoms with van der Waals surface area (Å²) in [5.41, 5.74) is 1.86. The topological polar surface area (TPSA) is 38.3 Å². The summed E-state index contributed by atoms with van der Waals surface area (Å²) in [5, 5.41) is 3.46. The van der Waals surface area contributed by atoms with Crippen LogP contribution in [-0.2, 0) is 4.79 Å². The lowest BCUT2D eigenvalue weighted by molar-refractivity contribution is -0.122. The maximum Gasteiger partial charge on any atom is 0.265 e. The molecule has 3 nitrogen and oxygen atoms in total. The third-order valence-corrected chi connectivity index (χ3v) is 3.33. The molecule has 2 rings (SSSR count). The molecule has 21 heavy (non-hydrogen) atoms. The predicted molar refractivity (Wildman–Crippen MR) is 86.0 cm³/mol. The van der Waals surface area contributed by atoms with E-state index in [0.29, 0.717) is 22.9 Å². The molecule has 0 unspecified atom stereocenters. The number of carbonyl (C=O) groups is 1. The van der Waals surface area contributed by atoms with Crippen molar-refractivity contribution in [3.63, 3.8) is 0 Å². The summed E-state index contributed by atoms with van der Waals surface area (Å²) >= 11 is 5.82. The van der Waals surface area contributed by atoms with Crippen LogP contribution in [0.5, 0.6) is 5.75 Å². The molecule has 0 aliphatic heterocycles. The van der Waals surface area contributed by atoms with Crippen molar-refractivity contribution in [2.45, 2.75) is 26.4 Å². The van der Waals surface area contributed by atoms with E-state index in [-0.39, 0.29) is 5.91 Å². The quantitative estimate of drug-likeness (QED) is 0.886. The Labute approximate surface area is 129 Å². The van der Waals surface area contributed by atoms with E-state index in [4.69, 9.17) is 16.3 Å². The van der Waals surface area contributed by atoms with Gasteiger partial charge in [0.15, 0.2) is 6.10 Å². The highest BCUT2D eigenvalue weighted by Crippen LogP contribution is 2.17. The second-order valence-corrected chi connectivity index (χ2v) is 5.26. The molecule has 2 aromatic rings. The molecule has 2 aromatic carbocycles. The number of rotatable bonds is 5. The molecule has 0 heterocycles. The van der Waals surface area contributed by atoms with Gasteiger partial charge in [0, 0.05) is 10.7 Å². The van der Waals surface area contributed by atoms with E-state index >= 15 is 0 Å². The molecule has 110 valence electrons. The number of halogens is 1. The second kappa shape index (κ2) is 7.14. The zero-order valence-electron chi connectivity index (χ0n) is 12.1. The zero-order valence-corrected chi connectivity index (χ0v) is 12.9. The van der Waals surface area contributed by atoms with Gasteiger partial charge in [0.25, 0.3) is 5.91 Å². The summed E-state index contributed by atoms with van der Waals surface area (Å²) in [4.78, 5) is 12.2. The molecule has 1 atom stereocenters. The SMILES string of the molecule is CC[C@@H](Oc1ccc(C)cc1)C(=O)Nc1ccc(Cl)cc1. The van der Waals surface area contributed by atoms with Gasteiger partial charge >= 0.3 is 0 Å². The Hall–Kier alpha value is -2.00. The first-order valence-corrected chi connectivity index (χ1v) is 7.26. The van der Waals surface area contributed by atoms with Gasteiger partial charge < -0.3 is 10.1 Å². The van der Waals surface area contributed by atoms with Crippen molar-refractivity contribution >= 4 is 23.2 Å². The predicted octanol–water partition coefficient (Wildman–Crippen LogP) is 4.44. The Balaban J connectivity index is 2.01. The van der Waals surface area contributed by atoms with Crippen molar-refractivity contribution in [2.24, 2.45) is 0 Å². The fourth-order valence-corrected chi connectivity index (χ4v) is 1.99. The van der Waals surface area contributed by atoms with E-state index in [2.05, 4.69) is 5.32 Å². The maximum atomic E-state index is 12.2. The molecule has 1 amide bonds. The Kier molecular flexibility index (Phi) is 5.23. The van der Waals surface area contributed by atoms with Crippen LogP contribution in [0.4, 0.5) is 5.69 Å². The fraction of sp³-hybridized carbons (Fsp3) is 0.235. The summed E-state index contributed by atoms with van der Waals surface area (Å²) in [5.74, 6) is 0.527. The van der Waals surface area contributed by atoms with E-state index in [1.807, 2.05) is 38.1 Å². The Bertz CT molecular complexity index is 593. The van der Waals surface area contributed by atoms with Crippen LogP contribution in [0, 0.1) is 6.92 Å². The highest BCUT2D eigenvalue weighted by molar-refractivity contribution is 6.30. The van der Waals surface area contributed by atoms with Gasteiger partial charge in [-0.15, -0.1) is 0 Å². The molecular weight excluding hydrogens is 286 g/mol. The van der Waals surface area contributed by atoms with Crippen LogP contribution in [0.25, 0.3) is 0 Å². The fourth-order valence-electron chi connectivity index (χ4n) is 1.86. The van der Waals surface area contributed by atoms with Crippen LogP contribution in [0.15, 0.2) is 48.5 Å². The number of benzene rings is 2. The number of nitrogens with one attached hydrogen (secondary N) is 1. The Morgan fingerprint density at radius 3 is 2.33 bits per heavy atom. The molecule has 0 aromatic heterocycles. The van der Waals surface area contributed by atoms with Crippen LogP contribution in [0.2, 0.25) is 5.02 Å². The lowest BCUT2D eigenvalue weighted by atomic mass is 10.2. The van der Waals surface area contributed by atoms with E-state index in [1.54, 1.807) is 24.3 Å². The van der Waals surface area contributed by atoms with Crippen LogP contribution in [0.1, 0.15) is 18.9 Å². The minimum atomic E-state index is -0.525. The molecule has 0 saturated heterocycles. The zero-order chi connectivity index (χ0) is 15.2. The van der Waals surface area contributed by atoms with E-state index in [0.717, 1.165) is 5.56 Å². The number of hydrogen-bond donors (Lipinski definition) is 1. The third-order valence-electron chi connectivity index (χ3n) is 3.07. The minimum absolute atomic E-state index is 0.166. The summed E-state index contributed by atoms with van der Waals surface area (Å²) < 4.78 is 5.74. The molecule has 1 N–H and O–H groups in total. The van der Waals surface area contributed by atoms with Gasteiger partial charge in [0.05, 0.1) is 0 Å². The standard InChI is InChI=1S/C17H18ClNO2/c1-3-16(21-15-10-4-12(2)5-11-15)17(20)19-14-8-6-13(18)7-9-14/h4-11,16H,3H2,1-2H3,(H,19,20)/t16-/m1/s1. The molecule has 4 heteroatoms. The first-order valence-electron chi connectivity index (χ1n) is 6.88. The van der Waals surface area contributed by atoms with Crippen LogP contribution in [-0.4, -0.2) is 12.0 Å². The van der Waals surface area contributed by atoms with Crippen LogP contribution in [0.3, 0.4) is 0 Å². The van der Waals surface area contributed by atoms with Crippen LogP contribution < -0.4 is 10.1 Å². The molecule has 0 fully saturated rings. The number of aryl methyl sites for hydroxylation is 1. The maximum absolute atomic E-state index is 12.2. The van der Waals surface area contributed by atoms with Gasteiger partial charge in [-0.2, -0.15) is 0 Å². The lowest BCUT2D eigenvalue weighted by Crippen LogP contribution is -2.32. The average Bonchev–Trinajstić information content (AvgIpc) is 2.49. The highest BCUT2D eigenvalue weighted by atomic mass is 35.5. The normalized spacial score (nSPS) is 11.8. The van der Waals surface area contributed by atoms with Crippen molar-refractivity contribution < 1.29 is 9.53 Å². The summed E-state index contributed by atoms with van der Waals surface area (Å²) in [7, 11) is 0. The molecule has 0 aliphatic rings. The number of hydrogen-bond acceptors (Lipinski definition) is 2. The third kappa shape index (κ3) is 4.50. The van der Waals surface area contributed by atoms with Crippen molar-refractivity contribution in [3.8, 4) is 5.75 Å². The molecule has 0 saturated carbocycles. The number of ether oxygens (including phenoxy) is 1. The number of anilines is 1. The van der Waals surface area contributed by atoms with Gasteiger partial charge in [-0.3, -0.25) is 4.79 Å². The summed E-state index contributed by atoms with van der Waals surface area (Å²) in [6.07, 6.45) is 0.0659.